The van der Waals surface area contributed by atoms with E-state index in [1.165, 1.54) is 5.56 Å². The van der Waals surface area contributed by atoms with Crippen molar-refractivity contribution < 1.29 is 9.32 Å². The molecule has 0 aliphatic rings. The summed E-state index contributed by atoms with van der Waals surface area (Å²) in [7, 11) is 0. The lowest BCUT2D eigenvalue weighted by Crippen LogP contribution is -2.19. The van der Waals surface area contributed by atoms with Gasteiger partial charge in [-0.1, -0.05) is 47.1 Å². The Morgan fingerprint density at radius 1 is 1.07 bits per heavy atom. The average Bonchev–Trinajstić information content (AvgIpc) is 3.40. The van der Waals surface area contributed by atoms with Crippen LogP contribution in [0.3, 0.4) is 0 Å². The van der Waals surface area contributed by atoms with Crippen LogP contribution in [0.15, 0.2) is 89.8 Å². The molecule has 0 spiro atoms. The Balaban J connectivity index is 1.53. The maximum Gasteiger partial charge on any atom is 0.226 e. The Hall–Kier alpha value is -3.60. The lowest BCUT2D eigenvalue weighted by molar-refractivity contribution is -0.116. The van der Waals surface area contributed by atoms with E-state index in [1.807, 2.05) is 54.9 Å². The van der Waals surface area contributed by atoms with Crippen LogP contribution >= 0.6 is 0 Å². The highest BCUT2D eigenvalue weighted by atomic mass is 16.5. The Labute approximate surface area is 163 Å². The van der Waals surface area contributed by atoms with E-state index in [0.29, 0.717) is 12.2 Å². The summed E-state index contributed by atoms with van der Waals surface area (Å²) in [5.74, 6) is 0.621. The first-order chi connectivity index (χ1) is 13.7. The molecule has 0 aliphatic heterocycles. The third-order valence-electron chi connectivity index (χ3n) is 4.66. The molecular weight excluding hydrogens is 350 g/mol. The second kappa shape index (κ2) is 7.96. The summed E-state index contributed by atoms with van der Waals surface area (Å²) in [5, 5.41) is 6.74. The number of nitrogens with one attached hydrogen (secondary N) is 1. The largest absolute Gasteiger partial charge is 0.356 e. The zero-order valence-corrected chi connectivity index (χ0v) is 15.6. The van der Waals surface area contributed by atoms with Crippen molar-refractivity contribution in [3.63, 3.8) is 0 Å². The Bertz CT molecular complexity index is 1050. The average molecular weight is 371 g/mol. The molecule has 1 amide bonds. The minimum Gasteiger partial charge on any atom is -0.356 e. The van der Waals surface area contributed by atoms with Gasteiger partial charge in [-0.2, -0.15) is 0 Å². The van der Waals surface area contributed by atoms with Gasteiger partial charge >= 0.3 is 0 Å². The summed E-state index contributed by atoms with van der Waals surface area (Å²) < 4.78 is 7.26. The van der Waals surface area contributed by atoms with E-state index < -0.39 is 0 Å². The minimum atomic E-state index is -0.0626. The van der Waals surface area contributed by atoms with Gasteiger partial charge in [0.1, 0.15) is 0 Å². The maximum absolute atomic E-state index is 12.8. The van der Waals surface area contributed by atoms with Crippen molar-refractivity contribution in [1.82, 2.24) is 9.72 Å². The van der Waals surface area contributed by atoms with Crippen LogP contribution in [0.2, 0.25) is 0 Å². The van der Waals surface area contributed by atoms with Crippen LogP contribution in [0.1, 0.15) is 23.6 Å². The summed E-state index contributed by atoms with van der Waals surface area (Å²) >= 11 is 0. The van der Waals surface area contributed by atoms with E-state index in [1.54, 1.807) is 12.3 Å². The number of carbonyl (C=O) groups is 1. The van der Waals surface area contributed by atoms with Crippen LogP contribution in [0, 0.1) is 6.92 Å². The number of aromatic nitrogens is 2. The molecule has 0 saturated heterocycles. The van der Waals surface area contributed by atoms with E-state index >= 15 is 0 Å². The van der Waals surface area contributed by atoms with Crippen LogP contribution < -0.4 is 5.32 Å². The van der Waals surface area contributed by atoms with E-state index in [0.717, 1.165) is 16.8 Å². The Morgan fingerprint density at radius 3 is 2.64 bits per heavy atom. The molecule has 2 aromatic carbocycles. The topological polar surface area (TPSA) is 60.1 Å². The van der Waals surface area contributed by atoms with Crippen LogP contribution in [0.4, 0.5) is 5.69 Å². The molecule has 5 heteroatoms. The number of hydrogen-bond donors (Lipinski definition) is 1. The monoisotopic (exact) mass is 371 g/mol. The van der Waals surface area contributed by atoms with Gasteiger partial charge in [-0.15, -0.1) is 0 Å². The normalized spacial score (nSPS) is 11.9. The molecule has 0 unspecified atom stereocenters. The molecule has 5 nitrogen and oxygen atoms in total. The number of rotatable bonds is 6. The fourth-order valence-electron chi connectivity index (χ4n) is 3.33. The standard InChI is InChI=1S/C23H21N3O2/c1-17-6-4-7-18(14-17)21(26-12-2-3-13-26)16-23(27)25-20-9-5-8-19(15-20)22-10-11-24-28-22/h2-15,21H,16H2,1H3,(H,25,27)/t21-/m1/s1. The van der Waals surface area contributed by atoms with Gasteiger partial charge in [0.2, 0.25) is 5.91 Å². The van der Waals surface area contributed by atoms with Crippen molar-refractivity contribution in [2.75, 3.05) is 5.32 Å². The summed E-state index contributed by atoms with van der Waals surface area (Å²) in [5.41, 5.74) is 3.89. The quantitative estimate of drug-likeness (QED) is 0.515. The van der Waals surface area contributed by atoms with Gasteiger partial charge in [0.05, 0.1) is 18.7 Å². The van der Waals surface area contributed by atoms with Crippen molar-refractivity contribution in [3.05, 3.63) is 96.4 Å². The van der Waals surface area contributed by atoms with E-state index in [2.05, 4.69) is 40.2 Å². The number of nitrogens with zero attached hydrogens (tertiary/aromatic N) is 2. The number of benzene rings is 2. The van der Waals surface area contributed by atoms with Crippen molar-refractivity contribution in [2.45, 2.75) is 19.4 Å². The molecule has 0 bridgehead atoms. The number of aryl methyl sites for hydroxylation is 1. The van der Waals surface area contributed by atoms with Gasteiger partial charge in [-0.05, 0) is 36.8 Å². The van der Waals surface area contributed by atoms with Crippen molar-refractivity contribution in [1.29, 1.82) is 0 Å². The summed E-state index contributed by atoms with van der Waals surface area (Å²) in [6.45, 7) is 2.06. The van der Waals surface area contributed by atoms with Gasteiger partial charge in [0, 0.05) is 29.7 Å². The number of anilines is 1. The molecular formula is C23H21N3O2. The SMILES string of the molecule is Cc1cccc([C@@H](CC(=O)Nc2cccc(-c3ccno3)c2)n2cccc2)c1. The molecule has 140 valence electrons. The zero-order valence-electron chi connectivity index (χ0n) is 15.6. The van der Waals surface area contributed by atoms with Gasteiger partial charge < -0.3 is 14.4 Å². The molecule has 2 aromatic heterocycles. The molecule has 0 saturated carbocycles. The van der Waals surface area contributed by atoms with Gasteiger partial charge in [0.15, 0.2) is 5.76 Å². The highest BCUT2D eigenvalue weighted by Gasteiger charge is 2.18. The third kappa shape index (κ3) is 4.04. The first-order valence-corrected chi connectivity index (χ1v) is 9.19. The maximum atomic E-state index is 12.8. The fraction of sp³-hybridized carbons (Fsp3) is 0.130. The number of hydrogen-bond acceptors (Lipinski definition) is 3. The molecule has 28 heavy (non-hydrogen) atoms. The zero-order chi connectivity index (χ0) is 19.3. The second-order valence-electron chi connectivity index (χ2n) is 6.77. The highest BCUT2D eigenvalue weighted by Crippen LogP contribution is 2.25. The predicted molar refractivity (Wildman–Crippen MR) is 109 cm³/mol. The van der Waals surface area contributed by atoms with Crippen LogP contribution in [0.25, 0.3) is 11.3 Å². The molecule has 4 rings (SSSR count). The van der Waals surface area contributed by atoms with Crippen LogP contribution in [-0.2, 0) is 4.79 Å². The second-order valence-corrected chi connectivity index (χ2v) is 6.77. The van der Waals surface area contributed by atoms with Gasteiger partial charge in [0.25, 0.3) is 0 Å². The molecule has 0 aliphatic carbocycles. The summed E-state index contributed by atoms with van der Waals surface area (Å²) in [6, 6.07) is 21.5. The first kappa shape index (κ1) is 17.8. The molecule has 1 N–H and O–H groups in total. The van der Waals surface area contributed by atoms with E-state index in [-0.39, 0.29) is 11.9 Å². The smallest absolute Gasteiger partial charge is 0.226 e. The summed E-state index contributed by atoms with van der Waals surface area (Å²) in [6.07, 6.45) is 5.92. The first-order valence-electron chi connectivity index (χ1n) is 9.19. The van der Waals surface area contributed by atoms with Crippen molar-refractivity contribution in [2.24, 2.45) is 0 Å². The number of carbonyl (C=O) groups excluding carboxylic acids is 1. The molecule has 1 atom stereocenters. The minimum absolute atomic E-state index is 0.0464. The molecule has 0 fully saturated rings. The molecule has 2 heterocycles. The van der Waals surface area contributed by atoms with E-state index in [4.69, 9.17) is 4.52 Å². The molecule has 0 radical (unpaired) electrons. The lowest BCUT2D eigenvalue weighted by atomic mass is 10.0. The van der Waals surface area contributed by atoms with E-state index in [9.17, 15) is 4.79 Å². The van der Waals surface area contributed by atoms with Crippen molar-refractivity contribution >= 4 is 11.6 Å². The van der Waals surface area contributed by atoms with Crippen LogP contribution in [0.5, 0.6) is 0 Å². The Kier molecular flexibility index (Phi) is 5.06. The highest BCUT2D eigenvalue weighted by molar-refractivity contribution is 5.91. The third-order valence-corrected chi connectivity index (χ3v) is 4.66. The van der Waals surface area contributed by atoms with Gasteiger partial charge in [-0.3, -0.25) is 4.79 Å². The predicted octanol–water partition coefficient (Wildman–Crippen LogP) is 5.07. The Morgan fingerprint density at radius 2 is 1.89 bits per heavy atom. The lowest BCUT2D eigenvalue weighted by Gasteiger charge is -2.20. The van der Waals surface area contributed by atoms with Crippen LogP contribution in [-0.4, -0.2) is 15.6 Å². The van der Waals surface area contributed by atoms with Gasteiger partial charge in [-0.25, -0.2) is 0 Å². The fourth-order valence-corrected chi connectivity index (χ4v) is 3.33. The number of amides is 1. The van der Waals surface area contributed by atoms with Crippen molar-refractivity contribution in [3.8, 4) is 11.3 Å². The molecule has 4 aromatic rings. The summed E-state index contributed by atoms with van der Waals surface area (Å²) in [4.78, 5) is 12.8.